The first-order valence-electron chi connectivity index (χ1n) is 11.6. The molecule has 2 aliphatic rings. The first-order valence-corrected chi connectivity index (χ1v) is 11.6. The van der Waals surface area contributed by atoms with Crippen molar-refractivity contribution in [3.8, 4) is 0 Å². The van der Waals surface area contributed by atoms with E-state index in [9.17, 15) is 4.79 Å². The van der Waals surface area contributed by atoms with Crippen molar-refractivity contribution in [3.63, 3.8) is 0 Å². The van der Waals surface area contributed by atoms with E-state index in [0.29, 0.717) is 5.91 Å². The van der Waals surface area contributed by atoms with Gasteiger partial charge in [-0.15, -0.1) is 0 Å². The zero-order chi connectivity index (χ0) is 24.5. The van der Waals surface area contributed by atoms with Crippen LogP contribution in [0.1, 0.15) is 36.5 Å². The Morgan fingerprint density at radius 1 is 0.882 bits per heavy atom. The topological polar surface area (TPSA) is 98.2 Å². The lowest BCUT2D eigenvalue weighted by Crippen LogP contribution is -2.44. The van der Waals surface area contributed by atoms with Gasteiger partial charge in [0.25, 0.3) is 0 Å². The van der Waals surface area contributed by atoms with Crippen LogP contribution in [0.3, 0.4) is 0 Å². The van der Waals surface area contributed by atoms with Crippen molar-refractivity contribution in [2.24, 2.45) is 5.92 Å². The number of benzene rings is 2. The summed E-state index contributed by atoms with van der Waals surface area (Å²) in [5.74, 6) is -3.09. The smallest absolute Gasteiger partial charge is 0.414 e. The predicted molar refractivity (Wildman–Crippen MR) is 130 cm³/mol. The van der Waals surface area contributed by atoms with E-state index in [1.165, 1.54) is 22.3 Å². The molecular formula is C27H32N2O5. The van der Waals surface area contributed by atoms with Crippen molar-refractivity contribution < 1.29 is 24.6 Å². The lowest BCUT2D eigenvalue weighted by Gasteiger charge is -2.36. The Morgan fingerprint density at radius 2 is 1.47 bits per heavy atom. The van der Waals surface area contributed by atoms with Crippen molar-refractivity contribution in [2.45, 2.75) is 32.7 Å². The van der Waals surface area contributed by atoms with Gasteiger partial charge in [0.1, 0.15) is 0 Å². The van der Waals surface area contributed by atoms with Crippen LogP contribution in [-0.2, 0) is 27.3 Å². The van der Waals surface area contributed by atoms with E-state index in [-0.39, 0.29) is 5.92 Å². The number of hydrogen-bond donors (Lipinski definition) is 2. The van der Waals surface area contributed by atoms with Gasteiger partial charge in [-0.1, -0.05) is 66.2 Å². The molecule has 0 unspecified atom stereocenters. The van der Waals surface area contributed by atoms with Crippen LogP contribution < -0.4 is 0 Å². The van der Waals surface area contributed by atoms with Gasteiger partial charge in [-0.25, -0.2) is 9.59 Å². The lowest BCUT2D eigenvalue weighted by atomic mass is 9.93. The fourth-order valence-corrected chi connectivity index (χ4v) is 4.51. The largest absolute Gasteiger partial charge is 0.473 e. The number of hydrogen-bond acceptors (Lipinski definition) is 4. The third kappa shape index (κ3) is 7.28. The minimum absolute atomic E-state index is 0.194. The van der Waals surface area contributed by atoms with Gasteiger partial charge in [-0.2, -0.15) is 0 Å². The van der Waals surface area contributed by atoms with Crippen molar-refractivity contribution in [3.05, 3.63) is 76.9 Å². The van der Waals surface area contributed by atoms with E-state index < -0.39 is 11.9 Å². The number of amides is 1. The van der Waals surface area contributed by atoms with E-state index >= 15 is 0 Å². The second kappa shape index (κ2) is 12.1. The molecule has 1 saturated heterocycles. The van der Waals surface area contributed by atoms with Gasteiger partial charge in [0.2, 0.25) is 5.91 Å². The first-order chi connectivity index (χ1) is 16.3. The summed E-state index contributed by atoms with van der Waals surface area (Å²) < 4.78 is 0. The van der Waals surface area contributed by atoms with Crippen LogP contribution in [0.4, 0.5) is 0 Å². The summed E-state index contributed by atoms with van der Waals surface area (Å²) in [4.78, 5) is 35.8. The Labute approximate surface area is 200 Å². The van der Waals surface area contributed by atoms with Crippen LogP contribution in [0.2, 0.25) is 0 Å². The number of piperidine rings is 1. The molecule has 0 aliphatic carbocycles. The van der Waals surface area contributed by atoms with Gasteiger partial charge in [0, 0.05) is 25.6 Å². The molecule has 0 spiro atoms. The summed E-state index contributed by atoms with van der Waals surface area (Å²) in [6.45, 7) is 6.88. The zero-order valence-corrected chi connectivity index (χ0v) is 19.5. The molecule has 7 heteroatoms. The van der Waals surface area contributed by atoms with Gasteiger partial charge in [-0.3, -0.25) is 9.69 Å². The van der Waals surface area contributed by atoms with Crippen LogP contribution in [0.25, 0.3) is 6.08 Å². The molecule has 0 radical (unpaired) electrons. The highest BCUT2D eigenvalue weighted by Crippen LogP contribution is 2.25. The molecule has 2 heterocycles. The first kappa shape index (κ1) is 25.2. The molecule has 2 N–H and O–H groups in total. The Bertz CT molecular complexity index is 1010. The van der Waals surface area contributed by atoms with Gasteiger partial charge < -0.3 is 15.1 Å². The number of aliphatic carboxylic acids is 2. The highest BCUT2D eigenvalue weighted by molar-refractivity contribution is 6.27. The molecule has 2 aromatic carbocycles. The molecule has 0 atom stereocenters. The summed E-state index contributed by atoms with van der Waals surface area (Å²) in [6.07, 6.45) is 5.22. The molecule has 2 aromatic rings. The second-order valence-electron chi connectivity index (χ2n) is 8.84. The maximum atomic E-state index is 13.0. The average molecular weight is 465 g/mol. The molecule has 2 aliphatic heterocycles. The fourth-order valence-electron chi connectivity index (χ4n) is 4.51. The normalized spacial score (nSPS) is 16.7. The number of carboxylic acid groups (broad SMARTS) is 2. The third-order valence-electron chi connectivity index (χ3n) is 6.25. The van der Waals surface area contributed by atoms with Crippen LogP contribution in [0, 0.1) is 5.92 Å². The van der Waals surface area contributed by atoms with Gasteiger partial charge >= 0.3 is 11.9 Å². The van der Waals surface area contributed by atoms with Crippen LogP contribution in [0.5, 0.6) is 0 Å². The standard InChI is InChI=1S/C25H30N2O.C2H2O4/c1-20(17-21-7-3-2-4-8-21)18-26-14-11-23(12-15-26)25(28)27-16-13-22-9-5-6-10-24(22)19-27;3-1(4)2(5)6/h2-10,17,23H,11-16,18-19H2,1H3;(H,3,4)(H,5,6)/b20-17+;. The molecule has 34 heavy (non-hydrogen) atoms. The summed E-state index contributed by atoms with van der Waals surface area (Å²) in [5.41, 5.74) is 5.36. The number of fused-ring (bicyclic) bond motifs is 1. The molecular weight excluding hydrogens is 432 g/mol. The van der Waals surface area contributed by atoms with E-state index in [0.717, 1.165) is 52.0 Å². The number of likely N-dealkylation sites (tertiary alicyclic amines) is 1. The van der Waals surface area contributed by atoms with Crippen molar-refractivity contribution in [1.29, 1.82) is 0 Å². The quantitative estimate of drug-likeness (QED) is 0.672. The fraction of sp³-hybridized carbons (Fsp3) is 0.370. The lowest BCUT2D eigenvalue weighted by molar-refractivity contribution is -0.159. The molecule has 0 bridgehead atoms. The molecule has 1 fully saturated rings. The minimum Gasteiger partial charge on any atom is -0.473 e. The van der Waals surface area contributed by atoms with E-state index in [1.54, 1.807) is 0 Å². The molecule has 7 nitrogen and oxygen atoms in total. The third-order valence-corrected chi connectivity index (χ3v) is 6.25. The van der Waals surface area contributed by atoms with Crippen molar-refractivity contribution in [2.75, 3.05) is 26.2 Å². The summed E-state index contributed by atoms with van der Waals surface area (Å²) in [6, 6.07) is 19.0. The number of rotatable bonds is 4. The van der Waals surface area contributed by atoms with Crippen LogP contribution in [0.15, 0.2) is 60.2 Å². The molecule has 0 saturated carbocycles. The van der Waals surface area contributed by atoms with Gasteiger partial charge in [0.15, 0.2) is 0 Å². The highest BCUT2D eigenvalue weighted by Gasteiger charge is 2.30. The van der Waals surface area contributed by atoms with Crippen molar-refractivity contribution >= 4 is 23.9 Å². The zero-order valence-electron chi connectivity index (χ0n) is 19.5. The van der Waals surface area contributed by atoms with Gasteiger partial charge in [0.05, 0.1) is 0 Å². The summed E-state index contributed by atoms with van der Waals surface area (Å²) in [5, 5.41) is 14.8. The van der Waals surface area contributed by atoms with Crippen molar-refractivity contribution in [1.82, 2.24) is 9.80 Å². The number of carboxylic acids is 2. The Balaban J connectivity index is 0.000000481. The SMILES string of the molecule is C/C(=C\c1ccccc1)CN1CCC(C(=O)N2CCc3ccccc3C2)CC1.O=C(O)C(=O)O. The molecule has 0 aromatic heterocycles. The number of nitrogens with zero attached hydrogens (tertiary/aromatic N) is 2. The second-order valence-corrected chi connectivity index (χ2v) is 8.84. The van der Waals surface area contributed by atoms with E-state index in [4.69, 9.17) is 19.8 Å². The molecule has 1 amide bonds. The predicted octanol–water partition coefficient (Wildman–Crippen LogP) is 3.54. The van der Waals surface area contributed by atoms with E-state index in [2.05, 4.69) is 77.4 Å². The average Bonchev–Trinajstić information content (AvgIpc) is 2.84. The van der Waals surface area contributed by atoms with Gasteiger partial charge in [-0.05, 0) is 56.0 Å². The van der Waals surface area contributed by atoms with E-state index in [1.807, 2.05) is 0 Å². The van der Waals surface area contributed by atoms with Crippen LogP contribution >= 0.6 is 0 Å². The highest BCUT2D eigenvalue weighted by atomic mass is 16.4. The molecule has 4 rings (SSSR count). The molecule has 180 valence electrons. The van der Waals surface area contributed by atoms with Crippen LogP contribution in [-0.4, -0.2) is 64.0 Å². The Kier molecular flexibility index (Phi) is 8.99. The monoisotopic (exact) mass is 464 g/mol. The Morgan fingerprint density at radius 3 is 2.09 bits per heavy atom. The summed E-state index contributed by atoms with van der Waals surface area (Å²) in [7, 11) is 0. The maximum absolute atomic E-state index is 13.0. The Hall–Kier alpha value is -3.45. The minimum atomic E-state index is -1.82. The summed E-state index contributed by atoms with van der Waals surface area (Å²) >= 11 is 0. The maximum Gasteiger partial charge on any atom is 0.414 e. The number of carbonyl (C=O) groups excluding carboxylic acids is 1. The number of carbonyl (C=O) groups is 3.